The van der Waals surface area contributed by atoms with Crippen molar-refractivity contribution in [1.29, 1.82) is 0 Å². The van der Waals surface area contributed by atoms with Crippen LogP contribution in [0.3, 0.4) is 0 Å². The predicted octanol–water partition coefficient (Wildman–Crippen LogP) is 4.78. The fourth-order valence-electron chi connectivity index (χ4n) is 3.43. The van der Waals surface area contributed by atoms with Gasteiger partial charge in [-0.25, -0.2) is 0 Å². The van der Waals surface area contributed by atoms with E-state index in [4.69, 9.17) is 4.52 Å². The van der Waals surface area contributed by atoms with Gasteiger partial charge in [0, 0.05) is 34.3 Å². The van der Waals surface area contributed by atoms with E-state index < -0.39 is 0 Å². The third-order valence-electron chi connectivity index (χ3n) is 5.06. The maximum Gasteiger partial charge on any atom is 0.258 e. The van der Waals surface area contributed by atoms with E-state index in [1.807, 2.05) is 60.0 Å². The average molecular weight is 445 g/mol. The molecule has 1 N–H and O–H groups in total. The molecular formula is C23H20N6O2S. The molecule has 0 saturated carbocycles. The maximum absolute atomic E-state index is 12.3. The number of nitrogens with one attached hydrogen (secondary N) is 1. The topological polar surface area (TPSA) is 98.2 Å². The van der Waals surface area contributed by atoms with Crippen molar-refractivity contribution in [3.05, 3.63) is 70.8 Å². The molecule has 0 aliphatic carbocycles. The van der Waals surface area contributed by atoms with Crippen molar-refractivity contribution in [2.24, 2.45) is 0 Å². The number of aromatic nitrogens is 5. The summed E-state index contributed by atoms with van der Waals surface area (Å²) in [6.07, 6.45) is 4.08. The van der Waals surface area contributed by atoms with Crippen LogP contribution in [0.5, 0.6) is 0 Å². The molecule has 0 spiro atoms. The molecule has 0 unspecified atom stereocenters. The van der Waals surface area contributed by atoms with Gasteiger partial charge in [-0.3, -0.25) is 9.20 Å². The molecule has 8 nitrogen and oxygen atoms in total. The molecule has 0 fully saturated rings. The zero-order chi connectivity index (χ0) is 21.9. The molecule has 9 heteroatoms. The molecule has 1 aromatic carbocycles. The molecule has 0 atom stereocenters. The van der Waals surface area contributed by atoms with E-state index in [-0.39, 0.29) is 5.91 Å². The summed E-state index contributed by atoms with van der Waals surface area (Å²) in [4.78, 5) is 18.1. The zero-order valence-electron chi connectivity index (χ0n) is 17.4. The summed E-state index contributed by atoms with van der Waals surface area (Å²) >= 11 is 1.72. The molecular weight excluding hydrogens is 424 g/mol. The minimum absolute atomic E-state index is 0.0115. The van der Waals surface area contributed by atoms with Crippen molar-refractivity contribution in [3.63, 3.8) is 0 Å². The fraction of sp³-hybridized carbons (Fsp3) is 0.174. The quantitative estimate of drug-likeness (QED) is 0.388. The molecule has 4 aromatic heterocycles. The van der Waals surface area contributed by atoms with E-state index in [0.29, 0.717) is 23.8 Å². The lowest BCUT2D eigenvalue weighted by atomic mass is 10.1. The number of rotatable bonds is 7. The second-order valence-corrected chi connectivity index (χ2v) is 8.41. The molecule has 0 radical (unpaired) electrons. The first kappa shape index (κ1) is 20.1. The van der Waals surface area contributed by atoms with Gasteiger partial charge in [-0.1, -0.05) is 17.3 Å². The highest BCUT2D eigenvalue weighted by Crippen LogP contribution is 2.25. The fourth-order valence-corrected chi connectivity index (χ4v) is 4.18. The van der Waals surface area contributed by atoms with Crippen LogP contribution in [-0.4, -0.2) is 30.6 Å². The van der Waals surface area contributed by atoms with E-state index in [0.717, 1.165) is 35.4 Å². The van der Waals surface area contributed by atoms with Crippen LogP contribution in [0.4, 0.5) is 5.69 Å². The van der Waals surface area contributed by atoms with Crippen molar-refractivity contribution in [2.75, 3.05) is 5.32 Å². The molecule has 5 aromatic rings. The Labute approximate surface area is 187 Å². The number of anilines is 1. The monoisotopic (exact) mass is 444 g/mol. The number of pyridine rings is 1. The number of carbonyl (C=O) groups excluding carboxylic acids is 1. The van der Waals surface area contributed by atoms with Crippen LogP contribution in [0.25, 0.3) is 28.5 Å². The summed E-state index contributed by atoms with van der Waals surface area (Å²) in [7, 11) is 0. The summed E-state index contributed by atoms with van der Waals surface area (Å²) < 4.78 is 7.36. The lowest BCUT2D eigenvalue weighted by Crippen LogP contribution is -2.11. The number of benzene rings is 1. The molecule has 0 aliphatic heterocycles. The third kappa shape index (κ3) is 4.28. The Bertz CT molecular complexity index is 1370. The summed E-state index contributed by atoms with van der Waals surface area (Å²) in [6.45, 7) is 1.88. The van der Waals surface area contributed by atoms with Gasteiger partial charge < -0.3 is 9.84 Å². The first-order valence-electron chi connectivity index (χ1n) is 10.2. The van der Waals surface area contributed by atoms with Crippen LogP contribution in [0.15, 0.2) is 64.6 Å². The highest BCUT2D eigenvalue weighted by molar-refractivity contribution is 7.09. The third-order valence-corrected chi connectivity index (χ3v) is 5.99. The maximum atomic E-state index is 12.3. The second-order valence-electron chi connectivity index (χ2n) is 7.38. The van der Waals surface area contributed by atoms with Gasteiger partial charge >= 0.3 is 0 Å². The van der Waals surface area contributed by atoms with Gasteiger partial charge in [0.05, 0.1) is 0 Å². The first-order valence-corrected chi connectivity index (χ1v) is 11.1. The van der Waals surface area contributed by atoms with Crippen molar-refractivity contribution in [3.8, 4) is 22.8 Å². The van der Waals surface area contributed by atoms with Gasteiger partial charge in [0.25, 0.3) is 5.89 Å². The first-order chi connectivity index (χ1) is 15.7. The van der Waals surface area contributed by atoms with E-state index in [2.05, 4.69) is 37.1 Å². The van der Waals surface area contributed by atoms with Crippen LogP contribution in [-0.2, 0) is 11.2 Å². The largest absolute Gasteiger partial charge is 0.334 e. The minimum Gasteiger partial charge on any atom is -0.334 e. The van der Waals surface area contributed by atoms with Gasteiger partial charge in [-0.2, -0.15) is 4.98 Å². The Kier molecular flexibility index (Phi) is 5.47. The molecule has 0 saturated heterocycles. The molecule has 0 bridgehead atoms. The van der Waals surface area contributed by atoms with Gasteiger partial charge in [0.1, 0.15) is 5.82 Å². The molecule has 5 rings (SSSR count). The molecule has 32 heavy (non-hydrogen) atoms. The SMILES string of the molecule is Cc1nnc2ccc(-c3noc(-c4cccc(NC(=O)CCCc5cccs5)c4)n3)cn12. The number of carbonyl (C=O) groups is 1. The Morgan fingerprint density at radius 1 is 1.12 bits per heavy atom. The van der Waals surface area contributed by atoms with Gasteiger partial charge in [-0.05, 0) is 61.5 Å². The number of aryl methyl sites for hydroxylation is 2. The molecule has 0 aliphatic rings. The molecule has 160 valence electrons. The average Bonchev–Trinajstić information content (AvgIpc) is 3.56. The summed E-state index contributed by atoms with van der Waals surface area (Å²) in [5.74, 6) is 1.62. The number of nitrogens with zero attached hydrogens (tertiary/aromatic N) is 5. The van der Waals surface area contributed by atoms with Gasteiger partial charge in [0.2, 0.25) is 11.7 Å². The van der Waals surface area contributed by atoms with E-state index in [9.17, 15) is 4.79 Å². The minimum atomic E-state index is -0.0115. The number of thiophene rings is 1. The number of amides is 1. The van der Waals surface area contributed by atoms with Crippen molar-refractivity contribution >= 4 is 28.6 Å². The van der Waals surface area contributed by atoms with Crippen LogP contribution >= 0.6 is 11.3 Å². The lowest BCUT2D eigenvalue weighted by Gasteiger charge is -2.06. The number of hydrogen-bond acceptors (Lipinski definition) is 7. The summed E-state index contributed by atoms with van der Waals surface area (Å²) in [5, 5.41) is 17.3. The van der Waals surface area contributed by atoms with Crippen LogP contribution in [0.1, 0.15) is 23.5 Å². The van der Waals surface area contributed by atoms with Gasteiger partial charge in [0.15, 0.2) is 5.65 Å². The lowest BCUT2D eigenvalue weighted by molar-refractivity contribution is -0.116. The Hall–Kier alpha value is -3.85. The molecule has 1 amide bonds. The Morgan fingerprint density at radius 2 is 2.06 bits per heavy atom. The van der Waals surface area contributed by atoms with E-state index >= 15 is 0 Å². The second kappa shape index (κ2) is 8.72. The van der Waals surface area contributed by atoms with Crippen LogP contribution < -0.4 is 5.32 Å². The van der Waals surface area contributed by atoms with E-state index in [1.165, 1.54) is 4.88 Å². The zero-order valence-corrected chi connectivity index (χ0v) is 18.2. The molecule has 4 heterocycles. The Morgan fingerprint density at radius 3 is 2.94 bits per heavy atom. The Balaban J connectivity index is 1.27. The van der Waals surface area contributed by atoms with Crippen molar-refractivity contribution < 1.29 is 9.32 Å². The summed E-state index contributed by atoms with van der Waals surface area (Å²) in [6, 6.07) is 15.3. The standard InChI is InChI=1S/C23H20N6O2S/c1-15-26-27-20-11-10-17(14-29(15)20)22-25-23(31-28-22)16-5-2-6-18(13-16)24-21(30)9-3-7-19-8-4-12-32-19/h2,4-6,8,10-14H,3,7,9H2,1H3,(H,24,30). The van der Waals surface area contributed by atoms with Crippen molar-refractivity contribution in [1.82, 2.24) is 24.7 Å². The van der Waals surface area contributed by atoms with Crippen LogP contribution in [0, 0.1) is 6.92 Å². The predicted molar refractivity (Wildman–Crippen MR) is 122 cm³/mol. The normalized spacial score (nSPS) is 11.2. The smallest absolute Gasteiger partial charge is 0.258 e. The van der Waals surface area contributed by atoms with Crippen LogP contribution in [0.2, 0.25) is 0 Å². The summed E-state index contributed by atoms with van der Waals surface area (Å²) in [5.41, 5.74) is 2.99. The van der Waals surface area contributed by atoms with Crippen molar-refractivity contribution in [2.45, 2.75) is 26.2 Å². The highest BCUT2D eigenvalue weighted by Gasteiger charge is 2.13. The number of hydrogen-bond donors (Lipinski definition) is 1. The number of fused-ring (bicyclic) bond motifs is 1. The van der Waals surface area contributed by atoms with E-state index in [1.54, 1.807) is 11.3 Å². The van der Waals surface area contributed by atoms with Gasteiger partial charge in [-0.15, -0.1) is 21.5 Å². The highest BCUT2D eigenvalue weighted by atomic mass is 32.1.